The third-order valence-corrected chi connectivity index (χ3v) is 5.28. The van der Waals surface area contributed by atoms with E-state index >= 15 is 0 Å². The average molecular weight is 423 g/mol. The van der Waals surface area contributed by atoms with E-state index in [9.17, 15) is 9.59 Å². The SMILES string of the molecule is CCC(=Nc1ccc(N2C[C@H](CNC(=O)c3ccc(Cl)s3)OC2=O)cc1)NO. The van der Waals surface area contributed by atoms with Crippen LogP contribution in [-0.2, 0) is 4.74 Å². The Kier molecular flexibility index (Phi) is 6.50. The summed E-state index contributed by atoms with van der Waals surface area (Å²) in [5.74, 6) is 0.189. The molecule has 2 amide bonds. The van der Waals surface area contributed by atoms with Crippen molar-refractivity contribution in [3.63, 3.8) is 0 Å². The Bertz CT molecular complexity index is 878. The molecule has 2 heterocycles. The molecule has 0 spiro atoms. The van der Waals surface area contributed by atoms with Crippen molar-refractivity contribution in [3.8, 4) is 0 Å². The van der Waals surface area contributed by atoms with Crippen LogP contribution in [-0.4, -0.2) is 42.2 Å². The molecule has 1 atom stereocenters. The first-order chi connectivity index (χ1) is 13.5. The predicted octanol–water partition coefficient (Wildman–Crippen LogP) is 3.58. The van der Waals surface area contributed by atoms with E-state index in [-0.39, 0.29) is 12.5 Å². The Morgan fingerprint density at radius 1 is 1.36 bits per heavy atom. The van der Waals surface area contributed by atoms with Gasteiger partial charge in [-0.1, -0.05) is 18.5 Å². The van der Waals surface area contributed by atoms with Crippen molar-refractivity contribution in [1.82, 2.24) is 10.8 Å². The highest BCUT2D eigenvalue weighted by Gasteiger charge is 2.32. The number of carbonyl (C=O) groups is 2. The minimum absolute atomic E-state index is 0.209. The zero-order valence-electron chi connectivity index (χ0n) is 15.0. The lowest BCUT2D eigenvalue weighted by molar-refractivity contribution is 0.0920. The van der Waals surface area contributed by atoms with Crippen molar-refractivity contribution in [2.75, 3.05) is 18.0 Å². The van der Waals surface area contributed by atoms with E-state index in [2.05, 4.69) is 10.3 Å². The van der Waals surface area contributed by atoms with Crippen LogP contribution >= 0.6 is 22.9 Å². The van der Waals surface area contributed by atoms with Gasteiger partial charge in [-0.15, -0.1) is 11.3 Å². The molecule has 3 rings (SSSR count). The molecule has 1 aromatic heterocycles. The van der Waals surface area contributed by atoms with Crippen LogP contribution in [0.5, 0.6) is 0 Å². The number of hydrogen-bond donors (Lipinski definition) is 3. The molecule has 148 valence electrons. The van der Waals surface area contributed by atoms with Crippen LogP contribution in [0, 0.1) is 0 Å². The van der Waals surface area contributed by atoms with E-state index in [0.29, 0.717) is 39.4 Å². The zero-order chi connectivity index (χ0) is 20.1. The molecule has 0 saturated carbocycles. The second-order valence-electron chi connectivity index (χ2n) is 5.97. The summed E-state index contributed by atoms with van der Waals surface area (Å²) in [6, 6.07) is 10.3. The summed E-state index contributed by atoms with van der Waals surface area (Å²) in [5, 5.41) is 11.7. The van der Waals surface area contributed by atoms with Crippen molar-refractivity contribution >= 4 is 52.1 Å². The fourth-order valence-corrected chi connectivity index (χ4v) is 3.57. The Balaban J connectivity index is 1.58. The topological polar surface area (TPSA) is 103 Å². The fourth-order valence-electron chi connectivity index (χ4n) is 2.61. The zero-order valence-corrected chi connectivity index (χ0v) is 16.6. The summed E-state index contributed by atoms with van der Waals surface area (Å²) in [4.78, 5) is 30.5. The van der Waals surface area contributed by atoms with Gasteiger partial charge in [-0.2, -0.15) is 0 Å². The Hall–Kier alpha value is -2.62. The van der Waals surface area contributed by atoms with E-state index < -0.39 is 12.2 Å². The smallest absolute Gasteiger partial charge is 0.414 e. The normalized spacial score (nSPS) is 16.8. The summed E-state index contributed by atoms with van der Waals surface area (Å²) in [6.07, 6.45) is -0.363. The number of amidine groups is 1. The van der Waals surface area contributed by atoms with Gasteiger partial charge in [-0.25, -0.2) is 9.79 Å². The number of cyclic esters (lactones) is 1. The molecule has 0 bridgehead atoms. The first-order valence-electron chi connectivity index (χ1n) is 8.59. The van der Waals surface area contributed by atoms with Gasteiger partial charge in [0.15, 0.2) is 0 Å². The van der Waals surface area contributed by atoms with Gasteiger partial charge in [0.25, 0.3) is 5.91 Å². The van der Waals surface area contributed by atoms with E-state index in [1.807, 2.05) is 12.4 Å². The monoisotopic (exact) mass is 422 g/mol. The fraction of sp³-hybridized carbons (Fsp3) is 0.278. The van der Waals surface area contributed by atoms with Crippen molar-refractivity contribution in [1.29, 1.82) is 0 Å². The van der Waals surface area contributed by atoms with Crippen LogP contribution in [0.25, 0.3) is 0 Å². The maximum atomic E-state index is 12.2. The summed E-state index contributed by atoms with van der Waals surface area (Å²) in [6.45, 7) is 2.40. The number of nitrogens with one attached hydrogen (secondary N) is 2. The highest BCUT2D eigenvalue weighted by atomic mass is 35.5. The van der Waals surface area contributed by atoms with Crippen LogP contribution < -0.4 is 15.7 Å². The number of hydrogen-bond acceptors (Lipinski definition) is 6. The van der Waals surface area contributed by atoms with Crippen molar-refractivity contribution in [3.05, 3.63) is 45.6 Å². The molecule has 3 N–H and O–H groups in total. The summed E-state index contributed by atoms with van der Waals surface area (Å²) < 4.78 is 5.87. The number of halogens is 1. The first kappa shape index (κ1) is 20.1. The Labute approximate surface area is 170 Å². The third kappa shape index (κ3) is 4.80. The van der Waals surface area contributed by atoms with E-state index in [0.717, 1.165) is 0 Å². The molecule has 0 unspecified atom stereocenters. The third-order valence-electron chi connectivity index (χ3n) is 4.05. The number of benzene rings is 1. The highest BCUT2D eigenvalue weighted by molar-refractivity contribution is 7.17. The molecule has 1 aliphatic rings. The lowest BCUT2D eigenvalue weighted by Gasteiger charge is -2.13. The Morgan fingerprint density at radius 3 is 2.71 bits per heavy atom. The van der Waals surface area contributed by atoms with Gasteiger partial charge in [0, 0.05) is 12.1 Å². The minimum Gasteiger partial charge on any atom is -0.442 e. The van der Waals surface area contributed by atoms with Gasteiger partial charge >= 0.3 is 6.09 Å². The number of nitrogens with zero attached hydrogens (tertiary/aromatic N) is 2. The molecule has 2 aromatic rings. The molecule has 0 radical (unpaired) electrons. The van der Waals surface area contributed by atoms with Crippen LogP contribution in [0.2, 0.25) is 4.34 Å². The second-order valence-corrected chi connectivity index (χ2v) is 7.69. The maximum absolute atomic E-state index is 12.2. The number of hydroxylamine groups is 1. The number of anilines is 1. The molecule has 1 saturated heterocycles. The van der Waals surface area contributed by atoms with Crippen molar-refractivity contribution in [2.45, 2.75) is 19.4 Å². The van der Waals surface area contributed by atoms with Crippen LogP contribution in [0.1, 0.15) is 23.0 Å². The number of amides is 2. The van der Waals surface area contributed by atoms with Gasteiger partial charge in [0.05, 0.1) is 28.0 Å². The van der Waals surface area contributed by atoms with Crippen molar-refractivity contribution < 1.29 is 19.5 Å². The Morgan fingerprint density at radius 2 is 2.11 bits per heavy atom. The van der Waals surface area contributed by atoms with Crippen LogP contribution in [0.3, 0.4) is 0 Å². The van der Waals surface area contributed by atoms with E-state index in [4.69, 9.17) is 21.5 Å². The summed E-state index contributed by atoms with van der Waals surface area (Å²) in [7, 11) is 0. The lowest BCUT2D eigenvalue weighted by atomic mass is 10.2. The van der Waals surface area contributed by atoms with E-state index in [1.165, 1.54) is 16.2 Å². The lowest BCUT2D eigenvalue weighted by Crippen LogP contribution is -2.34. The molecule has 1 aromatic carbocycles. The van der Waals surface area contributed by atoms with Crippen LogP contribution in [0.4, 0.5) is 16.2 Å². The minimum atomic E-state index is -0.471. The average Bonchev–Trinajstić information content (AvgIpc) is 3.30. The standard InChI is InChI=1S/C18H19ClN4O4S/c1-2-16(22-26)21-11-3-5-12(6-4-11)23-10-13(27-18(23)25)9-20-17(24)14-7-8-15(19)28-14/h3-8,13,26H,2,9-10H2,1H3,(H,20,24)(H,21,22)/t13-/m0/s1. The van der Waals surface area contributed by atoms with Crippen LogP contribution in [0.15, 0.2) is 41.4 Å². The highest BCUT2D eigenvalue weighted by Crippen LogP contribution is 2.25. The number of ether oxygens (including phenoxy) is 1. The molecule has 28 heavy (non-hydrogen) atoms. The van der Waals surface area contributed by atoms with Gasteiger partial charge in [-0.3, -0.25) is 20.4 Å². The van der Waals surface area contributed by atoms with Crippen molar-refractivity contribution in [2.24, 2.45) is 4.99 Å². The molecule has 0 aliphatic carbocycles. The maximum Gasteiger partial charge on any atom is 0.414 e. The number of thiophene rings is 1. The van der Waals surface area contributed by atoms with E-state index in [1.54, 1.807) is 36.4 Å². The molecular formula is C18H19ClN4O4S. The number of carbonyl (C=O) groups excluding carboxylic acids is 2. The largest absolute Gasteiger partial charge is 0.442 e. The predicted molar refractivity (Wildman–Crippen MR) is 108 cm³/mol. The second kappa shape index (κ2) is 9.05. The van der Waals surface area contributed by atoms with Gasteiger partial charge in [0.1, 0.15) is 11.9 Å². The first-order valence-corrected chi connectivity index (χ1v) is 9.79. The summed E-state index contributed by atoms with van der Waals surface area (Å²) in [5.41, 5.74) is 3.35. The number of aliphatic imine (C=N–C) groups is 1. The molecule has 1 fully saturated rings. The molecule has 8 nitrogen and oxygen atoms in total. The number of rotatable bonds is 6. The molecular weight excluding hydrogens is 404 g/mol. The van der Waals surface area contributed by atoms with Gasteiger partial charge < -0.3 is 10.1 Å². The van der Waals surface area contributed by atoms with Gasteiger partial charge in [0.2, 0.25) is 0 Å². The summed E-state index contributed by atoms with van der Waals surface area (Å²) >= 11 is 7.02. The quantitative estimate of drug-likeness (QED) is 0.375. The van der Waals surface area contributed by atoms with Gasteiger partial charge in [-0.05, 0) is 36.4 Å². The molecule has 1 aliphatic heterocycles. The molecule has 10 heteroatoms.